The van der Waals surface area contributed by atoms with Crippen LogP contribution in [0.5, 0.6) is 0 Å². The Hall–Kier alpha value is -1.51. The van der Waals surface area contributed by atoms with Crippen molar-refractivity contribution in [3.8, 4) is 0 Å². The highest BCUT2D eigenvalue weighted by atomic mass is 16.4. The molecular weight excluding hydrogens is 214 g/mol. The summed E-state index contributed by atoms with van der Waals surface area (Å²) in [5.74, 6) is -0.828. The van der Waals surface area contributed by atoms with Crippen LogP contribution >= 0.6 is 0 Å². The third-order valence-electron chi connectivity index (χ3n) is 3.54. The van der Waals surface area contributed by atoms with E-state index in [1.54, 1.807) is 6.07 Å². The third-order valence-corrected chi connectivity index (χ3v) is 3.54. The molecule has 17 heavy (non-hydrogen) atoms. The van der Waals surface area contributed by atoms with E-state index in [4.69, 9.17) is 0 Å². The Balaban J connectivity index is 2.40. The van der Waals surface area contributed by atoms with Crippen LogP contribution in [0, 0.1) is 6.92 Å². The lowest BCUT2D eigenvalue weighted by atomic mass is 10.1. The summed E-state index contributed by atoms with van der Waals surface area (Å²) in [6.45, 7) is 5.07. The van der Waals surface area contributed by atoms with Gasteiger partial charge in [0, 0.05) is 12.6 Å². The highest BCUT2D eigenvalue weighted by Gasteiger charge is 2.26. The number of carbonyl (C=O) groups is 1. The zero-order valence-electron chi connectivity index (χ0n) is 10.4. The Bertz CT molecular complexity index is 428. The minimum Gasteiger partial charge on any atom is -0.478 e. The Labute approximate surface area is 102 Å². The molecule has 0 radical (unpaired) electrons. The first-order valence-electron chi connectivity index (χ1n) is 6.24. The lowest BCUT2D eigenvalue weighted by Gasteiger charge is -2.27. The number of aromatic carboxylic acids is 1. The molecule has 92 valence electrons. The van der Waals surface area contributed by atoms with Crippen molar-refractivity contribution in [3.63, 3.8) is 0 Å². The van der Waals surface area contributed by atoms with Gasteiger partial charge in [0.15, 0.2) is 0 Å². The maximum Gasteiger partial charge on any atom is 0.337 e. The summed E-state index contributed by atoms with van der Waals surface area (Å²) in [6.07, 6.45) is 3.40. The van der Waals surface area contributed by atoms with Crippen LogP contribution in [0.15, 0.2) is 18.2 Å². The normalized spacial score (nSPS) is 19.6. The van der Waals surface area contributed by atoms with Crippen molar-refractivity contribution in [2.45, 2.75) is 39.2 Å². The average Bonchev–Trinajstić information content (AvgIpc) is 2.76. The fraction of sp³-hybridized carbons (Fsp3) is 0.500. The van der Waals surface area contributed by atoms with E-state index < -0.39 is 5.97 Å². The molecule has 1 atom stereocenters. The Morgan fingerprint density at radius 1 is 1.53 bits per heavy atom. The van der Waals surface area contributed by atoms with E-state index in [-0.39, 0.29) is 0 Å². The first-order valence-corrected chi connectivity index (χ1v) is 6.24. The van der Waals surface area contributed by atoms with Gasteiger partial charge in [-0.15, -0.1) is 0 Å². The fourth-order valence-corrected chi connectivity index (χ4v) is 2.65. The summed E-state index contributed by atoms with van der Waals surface area (Å²) < 4.78 is 0. The predicted octanol–water partition coefficient (Wildman–Crippen LogP) is 3.07. The summed E-state index contributed by atoms with van der Waals surface area (Å²) in [4.78, 5) is 13.6. The number of rotatable bonds is 3. The van der Waals surface area contributed by atoms with Crippen molar-refractivity contribution in [1.82, 2.24) is 0 Å². The number of anilines is 1. The van der Waals surface area contributed by atoms with Gasteiger partial charge in [-0.25, -0.2) is 4.79 Å². The van der Waals surface area contributed by atoms with E-state index in [1.807, 2.05) is 19.1 Å². The van der Waals surface area contributed by atoms with Crippen molar-refractivity contribution in [2.24, 2.45) is 0 Å². The van der Waals surface area contributed by atoms with E-state index in [9.17, 15) is 9.90 Å². The highest BCUT2D eigenvalue weighted by Crippen LogP contribution is 2.30. The van der Waals surface area contributed by atoms with E-state index in [0.717, 1.165) is 30.6 Å². The van der Waals surface area contributed by atoms with Crippen LogP contribution in [0.2, 0.25) is 0 Å². The molecule has 0 amide bonds. The highest BCUT2D eigenvalue weighted by molar-refractivity contribution is 5.94. The summed E-state index contributed by atoms with van der Waals surface area (Å²) in [5.41, 5.74) is 2.32. The molecule has 3 nitrogen and oxygen atoms in total. The molecule has 1 aromatic rings. The second-order valence-corrected chi connectivity index (χ2v) is 4.72. The van der Waals surface area contributed by atoms with Crippen LogP contribution in [-0.2, 0) is 0 Å². The maximum atomic E-state index is 11.3. The SMILES string of the molecule is CCC1CCCN1c1ccc(C)cc1C(=O)O. The average molecular weight is 233 g/mol. The van der Waals surface area contributed by atoms with Crippen molar-refractivity contribution >= 4 is 11.7 Å². The minimum atomic E-state index is -0.828. The van der Waals surface area contributed by atoms with Crippen molar-refractivity contribution < 1.29 is 9.90 Å². The molecule has 2 rings (SSSR count). The minimum absolute atomic E-state index is 0.436. The fourth-order valence-electron chi connectivity index (χ4n) is 2.65. The smallest absolute Gasteiger partial charge is 0.337 e. The standard InChI is InChI=1S/C14H19NO2/c1-3-11-5-4-8-15(11)13-7-6-10(2)9-12(13)14(16)17/h6-7,9,11H,3-5,8H2,1-2H3,(H,16,17). The summed E-state index contributed by atoms with van der Waals surface area (Å²) >= 11 is 0. The molecule has 1 N–H and O–H groups in total. The van der Waals surface area contributed by atoms with Gasteiger partial charge >= 0.3 is 5.97 Å². The Morgan fingerprint density at radius 3 is 2.94 bits per heavy atom. The zero-order chi connectivity index (χ0) is 12.4. The van der Waals surface area contributed by atoms with Crippen molar-refractivity contribution in [2.75, 3.05) is 11.4 Å². The van der Waals surface area contributed by atoms with Crippen LogP contribution < -0.4 is 4.90 Å². The van der Waals surface area contributed by atoms with Gasteiger partial charge in [-0.3, -0.25) is 0 Å². The van der Waals surface area contributed by atoms with Crippen LogP contribution in [0.4, 0.5) is 5.69 Å². The zero-order valence-corrected chi connectivity index (χ0v) is 10.4. The molecule has 1 heterocycles. The largest absolute Gasteiger partial charge is 0.478 e. The lowest BCUT2D eigenvalue weighted by Crippen LogP contribution is -2.30. The molecule has 1 unspecified atom stereocenters. The van der Waals surface area contributed by atoms with Crippen molar-refractivity contribution in [1.29, 1.82) is 0 Å². The van der Waals surface area contributed by atoms with Gasteiger partial charge in [-0.1, -0.05) is 18.6 Å². The third kappa shape index (κ3) is 2.28. The van der Waals surface area contributed by atoms with Gasteiger partial charge in [-0.05, 0) is 38.3 Å². The van der Waals surface area contributed by atoms with E-state index in [2.05, 4.69) is 11.8 Å². The van der Waals surface area contributed by atoms with Gasteiger partial charge < -0.3 is 10.0 Å². The maximum absolute atomic E-state index is 11.3. The van der Waals surface area contributed by atoms with E-state index in [0.29, 0.717) is 11.6 Å². The number of carboxylic acids is 1. The molecular formula is C14H19NO2. The first kappa shape index (κ1) is 12.0. The first-order chi connectivity index (χ1) is 8.13. The van der Waals surface area contributed by atoms with Gasteiger partial charge in [0.2, 0.25) is 0 Å². The molecule has 3 heteroatoms. The molecule has 1 aliphatic heterocycles. The Morgan fingerprint density at radius 2 is 2.29 bits per heavy atom. The lowest BCUT2D eigenvalue weighted by molar-refractivity contribution is 0.0697. The molecule has 0 saturated carbocycles. The van der Waals surface area contributed by atoms with Gasteiger partial charge in [0.1, 0.15) is 0 Å². The van der Waals surface area contributed by atoms with Crippen LogP contribution in [0.25, 0.3) is 0 Å². The number of aryl methyl sites for hydroxylation is 1. The molecule has 1 saturated heterocycles. The number of carboxylic acid groups (broad SMARTS) is 1. The van der Waals surface area contributed by atoms with E-state index >= 15 is 0 Å². The molecule has 0 aromatic heterocycles. The molecule has 1 fully saturated rings. The number of hydrogen-bond donors (Lipinski definition) is 1. The topological polar surface area (TPSA) is 40.5 Å². The van der Waals surface area contributed by atoms with Crippen LogP contribution in [-0.4, -0.2) is 23.7 Å². The van der Waals surface area contributed by atoms with Crippen LogP contribution in [0.1, 0.15) is 42.1 Å². The molecule has 1 aromatic carbocycles. The molecule has 0 spiro atoms. The van der Waals surface area contributed by atoms with Gasteiger partial charge in [-0.2, -0.15) is 0 Å². The number of nitrogens with zero attached hydrogens (tertiary/aromatic N) is 1. The second-order valence-electron chi connectivity index (χ2n) is 4.72. The molecule has 0 bridgehead atoms. The van der Waals surface area contributed by atoms with Crippen molar-refractivity contribution in [3.05, 3.63) is 29.3 Å². The summed E-state index contributed by atoms with van der Waals surface area (Å²) in [7, 11) is 0. The summed E-state index contributed by atoms with van der Waals surface area (Å²) in [6, 6.07) is 6.21. The van der Waals surface area contributed by atoms with Gasteiger partial charge in [0.05, 0.1) is 11.3 Å². The van der Waals surface area contributed by atoms with Gasteiger partial charge in [0.25, 0.3) is 0 Å². The molecule has 0 aliphatic carbocycles. The molecule has 1 aliphatic rings. The quantitative estimate of drug-likeness (QED) is 0.872. The van der Waals surface area contributed by atoms with E-state index in [1.165, 1.54) is 6.42 Å². The number of benzene rings is 1. The number of hydrogen-bond acceptors (Lipinski definition) is 2. The predicted molar refractivity (Wildman–Crippen MR) is 68.8 cm³/mol. The monoisotopic (exact) mass is 233 g/mol. The second kappa shape index (κ2) is 4.78. The summed E-state index contributed by atoms with van der Waals surface area (Å²) in [5, 5.41) is 9.28. The van der Waals surface area contributed by atoms with Crippen LogP contribution in [0.3, 0.4) is 0 Å². The Kier molecular flexibility index (Phi) is 3.36.